The van der Waals surface area contributed by atoms with Gasteiger partial charge in [-0.15, -0.1) is 0 Å². The fourth-order valence-corrected chi connectivity index (χ4v) is 4.73. The van der Waals surface area contributed by atoms with Crippen molar-refractivity contribution in [1.82, 2.24) is 15.3 Å². The van der Waals surface area contributed by atoms with E-state index in [1.54, 1.807) is 19.5 Å². The van der Waals surface area contributed by atoms with E-state index >= 15 is 0 Å². The minimum atomic E-state index is 0.381. The summed E-state index contributed by atoms with van der Waals surface area (Å²) >= 11 is 12.8. The van der Waals surface area contributed by atoms with Gasteiger partial charge in [-0.3, -0.25) is 0 Å². The lowest BCUT2D eigenvalue weighted by Crippen LogP contribution is -2.42. The van der Waals surface area contributed by atoms with Gasteiger partial charge in [0.15, 0.2) is 5.15 Å². The van der Waals surface area contributed by atoms with Crippen LogP contribution in [0.15, 0.2) is 24.5 Å². The highest BCUT2D eigenvalue weighted by Crippen LogP contribution is 2.34. The van der Waals surface area contributed by atoms with Crippen molar-refractivity contribution < 1.29 is 4.74 Å². The summed E-state index contributed by atoms with van der Waals surface area (Å²) in [5, 5.41) is 11.8. The largest absolute Gasteiger partial charge is 0.383 e. The third-order valence-corrected chi connectivity index (χ3v) is 6.90. The molecule has 0 saturated heterocycles. The van der Waals surface area contributed by atoms with E-state index in [4.69, 9.17) is 27.9 Å². The van der Waals surface area contributed by atoms with Gasteiger partial charge in [0.2, 0.25) is 0 Å². The highest BCUT2D eigenvalue weighted by molar-refractivity contribution is 6.33. The van der Waals surface area contributed by atoms with Gasteiger partial charge in [-0.1, -0.05) is 23.2 Å². The highest BCUT2D eigenvalue weighted by atomic mass is 35.5. The number of nitrogens with zero attached hydrogens (tertiary/aromatic N) is 2. The molecule has 32 heavy (non-hydrogen) atoms. The third kappa shape index (κ3) is 6.47. The number of rotatable bonds is 10. The quantitative estimate of drug-likeness (QED) is 0.385. The fraction of sp³-hybridized carbons (Fsp3) is 0.583. The Morgan fingerprint density at radius 3 is 2.50 bits per heavy atom. The summed E-state index contributed by atoms with van der Waals surface area (Å²) < 4.78 is 5.23. The molecule has 8 heteroatoms. The molecule has 0 unspecified atom stereocenters. The van der Waals surface area contributed by atoms with E-state index in [9.17, 15) is 0 Å². The van der Waals surface area contributed by atoms with Crippen LogP contribution < -0.4 is 16.0 Å². The molecule has 174 valence electrons. The average Bonchev–Trinajstić information content (AvgIpc) is 3.61. The lowest BCUT2D eigenvalue weighted by molar-refractivity contribution is 0.161. The summed E-state index contributed by atoms with van der Waals surface area (Å²) in [5.41, 5.74) is 2.70. The zero-order chi connectivity index (χ0) is 22.5. The molecule has 2 aliphatic carbocycles. The second-order valence-corrected chi connectivity index (χ2v) is 9.92. The Hall–Kier alpha value is -1.60. The lowest BCUT2D eigenvalue weighted by Gasteiger charge is -2.32. The summed E-state index contributed by atoms with van der Waals surface area (Å²) in [6.45, 7) is 3.85. The standard InChI is InChI=1S/C24H33Cl2N5O/c1-15(14-32-2)30-18-5-7-19(8-6-18)31-23-10-20(21(25)13-28-23)17-9-22(24(26)29-12-17)27-11-16-3-4-16/h9-10,12-13,15-16,18-19,27,30H,3-8,11,14H2,1-2H3,(H,28,31)/t15-,18?,19?/m1/s1. The minimum Gasteiger partial charge on any atom is -0.383 e. The van der Waals surface area contributed by atoms with Crippen molar-refractivity contribution in [3.8, 4) is 11.1 Å². The van der Waals surface area contributed by atoms with Crippen LogP contribution in [-0.4, -0.2) is 48.4 Å². The first-order chi connectivity index (χ1) is 15.5. The maximum absolute atomic E-state index is 6.51. The number of anilines is 2. The normalized spacial score (nSPS) is 21.9. The molecule has 2 aromatic heterocycles. The molecule has 1 atom stereocenters. The maximum Gasteiger partial charge on any atom is 0.152 e. The first-order valence-corrected chi connectivity index (χ1v) is 12.3. The van der Waals surface area contributed by atoms with Gasteiger partial charge in [0.05, 0.1) is 17.3 Å². The SMILES string of the molecule is COC[C@@H](C)NC1CCC(Nc2cc(-c3cnc(Cl)c(NCC4CC4)c3)c(Cl)cn2)CC1. The summed E-state index contributed by atoms with van der Waals surface area (Å²) in [5.74, 6) is 1.60. The molecular formula is C24H33Cl2N5O. The van der Waals surface area contributed by atoms with Crippen molar-refractivity contribution in [3.63, 3.8) is 0 Å². The fourth-order valence-electron chi connectivity index (χ4n) is 4.35. The van der Waals surface area contributed by atoms with Crippen LogP contribution in [0.3, 0.4) is 0 Å². The van der Waals surface area contributed by atoms with Gasteiger partial charge in [-0.05, 0) is 63.5 Å². The maximum atomic E-state index is 6.51. The average molecular weight is 478 g/mol. The van der Waals surface area contributed by atoms with E-state index in [-0.39, 0.29) is 0 Å². The summed E-state index contributed by atoms with van der Waals surface area (Å²) in [4.78, 5) is 8.89. The molecule has 2 fully saturated rings. The molecule has 2 heterocycles. The Bertz CT molecular complexity index is 900. The van der Waals surface area contributed by atoms with Crippen molar-refractivity contribution in [2.75, 3.05) is 30.9 Å². The smallest absolute Gasteiger partial charge is 0.152 e. The molecule has 2 aliphatic rings. The van der Waals surface area contributed by atoms with Crippen molar-refractivity contribution in [3.05, 3.63) is 34.7 Å². The molecule has 0 bridgehead atoms. The van der Waals surface area contributed by atoms with Crippen LogP contribution in [0.4, 0.5) is 11.5 Å². The molecule has 4 rings (SSSR count). The zero-order valence-electron chi connectivity index (χ0n) is 18.8. The van der Waals surface area contributed by atoms with Crippen LogP contribution in [0.1, 0.15) is 45.4 Å². The van der Waals surface area contributed by atoms with Crippen LogP contribution in [0, 0.1) is 5.92 Å². The monoisotopic (exact) mass is 477 g/mol. The molecule has 2 aromatic rings. The van der Waals surface area contributed by atoms with Gasteiger partial charge >= 0.3 is 0 Å². The number of hydrogen-bond donors (Lipinski definition) is 3. The minimum absolute atomic E-state index is 0.381. The third-order valence-electron chi connectivity index (χ3n) is 6.30. The van der Waals surface area contributed by atoms with Crippen molar-refractivity contribution in [1.29, 1.82) is 0 Å². The van der Waals surface area contributed by atoms with Crippen LogP contribution >= 0.6 is 23.2 Å². The van der Waals surface area contributed by atoms with Gasteiger partial charge < -0.3 is 20.7 Å². The molecule has 6 nitrogen and oxygen atoms in total. The molecule has 0 aromatic carbocycles. The Labute approximate surface area is 200 Å². The van der Waals surface area contributed by atoms with Gasteiger partial charge in [0.25, 0.3) is 0 Å². The van der Waals surface area contributed by atoms with E-state index in [1.807, 2.05) is 12.1 Å². The Kier molecular flexibility index (Phi) is 8.11. The topological polar surface area (TPSA) is 71.1 Å². The number of hydrogen-bond acceptors (Lipinski definition) is 6. The number of ether oxygens (including phenoxy) is 1. The molecular weight excluding hydrogens is 445 g/mol. The second-order valence-electron chi connectivity index (χ2n) is 9.15. The second kappa shape index (κ2) is 11.0. The van der Waals surface area contributed by atoms with Crippen LogP contribution in [-0.2, 0) is 4.74 Å². The molecule has 0 aliphatic heterocycles. The molecule has 0 spiro atoms. The predicted octanol–water partition coefficient (Wildman–Crippen LogP) is 5.62. The first-order valence-electron chi connectivity index (χ1n) is 11.6. The molecule has 2 saturated carbocycles. The first kappa shape index (κ1) is 23.6. The predicted molar refractivity (Wildman–Crippen MR) is 133 cm³/mol. The van der Waals surface area contributed by atoms with Crippen LogP contribution in [0.5, 0.6) is 0 Å². The molecule has 3 N–H and O–H groups in total. The number of nitrogens with one attached hydrogen (secondary N) is 3. The Morgan fingerprint density at radius 2 is 1.78 bits per heavy atom. The van der Waals surface area contributed by atoms with E-state index in [0.717, 1.165) is 67.4 Å². The Morgan fingerprint density at radius 1 is 1.03 bits per heavy atom. The number of aromatic nitrogens is 2. The van der Waals surface area contributed by atoms with Crippen molar-refractivity contribution >= 4 is 34.7 Å². The van der Waals surface area contributed by atoms with Crippen LogP contribution in [0.2, 0.25) is 10.2 Å². The van der Waals surface area contributed by atoms with E-state index in [1.165, 1.54) is 12.8 Å². The van der Waals surface area contributed by atoms with Crippen LogP contribution in [0.25, 0.3) is 11.1 Å². The summed E-state index contributed by atoms with van der Waals surface area (Å²) in [7, 11) is 1.75. The number of methoxy groups -OCH3 is 1. The number of pyridine rings is 2. The van der Waals surface area contributed by atoms with E-state index < -0.39 is 0 Å². The van der Waals surface area contributed by atoms with Gasteiger partial charge in [0, 0.05) is 55.3 Å². The van der Waals surface area contributed by atoms with E-state index in [2.05, 4.69) is 32.8 Å². The Balaban J connectivity index is 1.38. The highest BCUT2D eigenvalue weighted by Gasteiger charge is 2.23. The summed E-state index contributed by atoms with van der Waals surface area (Å²) in [6.07, 6.45) is 10.6. The van der Waals surface area contributed by atoms with Gasteiger partial charge in [0.1, 0.15) is 5.82 Å². The van der Waals surface area contributed by atoms with E-state index in [0.29, 0.717) is 28.3 Å². The number of halogens is 2. The van der Waals surface area contributed by atoms with Gasteiger partial charge in [-0.2, -0.15) is 0 Å². The van der Waals surface area contributed by atoms with Crippen molar-refractivity contribution in [2.24, 2.45) is 5.92 Å². The molecule has 0 radical (unpaired) electrons. The lowest BCUT2D eigenvalue weighted by atomic mass is 9.90. The van der Waals surface area contributed by atoms with Gasteiger partial charge in [-0.25, -0.2) is 9.97 Å². The van der Waals surface area contributed by atoms with Crippen molar-refractivity contribution in [2.45, 2.75) is 63.6 Å². The summed E-state index contributed by atoms with van der Waals surface area (Å²) in [6, 6.07) is 5.38. The molecule has 0 amide bonds. The zero-order valence-corrected chi connectivity index (χ0v) is 20.3.